The number of rotatable bonds is 6. The van der Waals surface area contributed by atoms with Crippen LogP contribution < -0.4 is 10.1 Å². The van der Waals surface area contributed by atoms with E-state index in [1.54, 1.807) is 7.11 Å². The molecule has 0 aliphatic rings. The van der Waals surface area contributed by atoms with E-state index < -0.39 is 0 Å². The minimum atomic E-state index is 0.194. The maximum atomic E-state index is 5.64. The lowest BCUT2D eigenvalue weighted by atomic mass is 10.1. The van der Waals surface area contributed by atoms with Crippen molar-refractivity contribution >= 4 is 15.9 Å². The van der Waals surface area contributed by atoms with Crippen LogP contribution in [0.3, 0.4) is 0 Å². The third-order valence-electron chi connectivity index (χ3n) is 2.52. The van der Waals surface area contributed by atoms with E-state index in [0.29, 0.717) is 6.61 Å². The highest BCUT2D eigenvalue weighted by Gasteiger charge is 2.12. The van der Waals surface area contributed by atoms with Crippen LogP contribution in [0.15, 0.2) is 22.7 Å². The number of hydrogen-bond acceptors (Lipinski definition) is 3. The number of hydrogen-bond donors (Lipinski definition) is 1. The fourth-order valence-corrected chi connectivity index (χ4v) is 2.09. The van der Waals surface area contributed by atoms with Gasteiger partial charge in [0.1, 0.15) is 5.75 Å². The summed E-state index contributed by atoms with van der Waals surface area (Å²) in [6.07, 6.45) is 0.243. The molecule has 0 heterocycles. The molecule has 1 aromatic rings. The van der Waals surface area contributed by atoms with Crippen molar-refractivity contribution in [3.05, 3.63) is 28.2 Å². The number of ether oxygens (including phenoxy) is 2. The molecule has 1 N–H and O–H groups in total. The highest BCUT2D eigenvalue weighted by Crippen LogP contribution is 2.28. The molecule has 1 rings (SSSR count). The fourth-order valence-electron chi connectivity index (χ4n) is 1.53. The summed E-state index contributed by atoms with van der Waals surface area (Å²) in [5.41, 5.74) is 1.18. The summed E-state index contributed by atoms with van der Waals surface area (Å²) in [4.78, 5) is 0. The number of benzene rings is 1. The molecule has 1 atom stereocenters. The van der Waals surface area contributed by atoms with E-state index in [0.717, 1.165) is 10.2 Å². The van der Waals surface area contributed by atoms with Gasteiger partial charge in [0, 0.05) is 0 Å². The van der Waals surface area contributed by atoms with Gasteiger partial charge in [0.25, 0.3) is 0 Å². The molecule has 1 unspecified atom stereocenters. The largest absolute Gasteiger partial charge is 0.496 e. The molecular formula is C13H20BrNO2. The molecule has 0 amide bonds. The third-order valence-corrected chi connectivity index (χ3v) is 3.14. The lowest BCUT2D eigenvalue weighted by Gasteiger charge is -2.19. The van der Waals surface area contributed by atoms with Crippen LogP contribution in [0.2, 0.25) is 0 Å². The van der Waals surface area contributed by atoms with Crippen molar-refractivity contribution in [1.82, 2.24) is 5.32 Å². The Morgan fingerprint density at radius 3 is 2.53 bits per heavy atom. The van der Waals surface area contributed by atoms with Crippen LogP contribution in [-0.2, 0) is 4.74 Å². The average Bonchev–Trinajstić information content (AvgIpc) is 2.29. The predicted octanol–water partition coefficient (Wildman–Crippen LogP) is 3.14. The lowest BCUT2D eigenvalue weighted by molar-refractivity contribution is 0.0626. The third kappa shape index (κ3) is 4.30. The first-order chi connectivity index (χ1) is 8.08. The Morgan fingerprint density at radius 1 is 1.35 bits per heavy atom. The average molecular weight is 302 g/mol. The van der Waals surface area contributed by atoms with Crippen molar-refractivity contribution in [2.45, 2.75) is 26.0 Å². The summed E-state index contributed by atoms with van der Waals surface area (Å²) >= 11 is 3.49. The van der Waals surface area contributed by atoms with Crippen LogP contribution in [0.25, 0.3) is 0 Å². The van der Waals surface area contributed by atoms with Crippen molar-refractivity contribution in [3.8, 4) is 5.75 Å². The maximum Gasteiger partial charge on any atom is 0.133 e. The minimum Gasteiger partial charge on any atom is -0.496 e. The Bertz CT molecular complexity index is 355. The topological polar surface area (TPSA) is 30.5 Å². The molecule has 3 nitrogen and oxygen atoms in total. The second kappa shape index (κ2) is 6.99. The van der Waals surface area contributed by atoms with Gasteiger partial charge in [-0.3, -0.25) is 0 Å². The van der Waals surface area contributed by atoms with E-state index >= 15 is 0 Å². The van der Waals surface area contributed by atoms with Crippen LogP contribution in [0, 0.1) is 0 Å². The van der Waals surface area contributed by atoms with Crippen molar-refractivity contribution in [3.63, 3.8) is 0 Å². The molecule has 0 fully saturated rings. The molecular weight excluding hydrogens is 282 g/mol. The zero-order valence-corrected chi connectivity index (χ0v) is 12.4. The second-order valence-electron chi connectivity index (χ2n) is 4.12. The fraction of sp³-hybridized carbons (Fsp3) is 0.538. The molecule has 0 aliphatic heterocycles. The quantitative estimate of drug-likeness (QED) is 0.875. The zero-order chi connectivity index (χ0) is 12.8. The van der Waals surface area contributed by atoms with E-state index in [4.69, 9.17) is 9.47 Å². The van der Waals surface area contributed by atoms with Crippen LogP contribution in [-0.4, -0.2) is 26.9 Å². The summed E-state index contributed by atoms with van der Waals surface area (Å²) in [6, 6.07) is 6.26. The Kier molecular flexibility index (Phi) is 5.95. The van der Waals surface area contributed by atoms with Crippen molar-refractivity contribution in [1.29, 1.82) is 0 Å². The van der Waals surface area contributed by atoms with E-state index in [-0.39, 0.29) is 12.1 Å². The van der Waals surface area contributed by atoms with Gasteiger partial charge in [-0.15, -0.1) is 0 Å². The molecule has 0 bridgehead atoms. The predicted molar refractivity (Wildman–Crippen MR) is 73.6 cm³/mol. The first kappa shape index (κ1) is 14.5. The van der Waals surface area contributed by atoms with E-state index in [2.05, 4.69) is 33.4 Å². The number of halogens is 1. The highest BCUT2D eigenvalue weighted by molar-refractivity contribution is 9.10. The van der Waals surface area contributed by atoms with E-state index in [9.17, 15) is 0 Å². The van der Waals surface area contributed by atoms with Crippen molar-refractivity contribution in [2.75, 3.05) is 20.8 Å². The second-order valence-corrected chi connectivity index (χ2v) is 4.97. The summed E-state index contributed by atoms with van der Waals surface area (Å²) in [6.45, 7) is 4.74. The van der Waals surface area contributed by atoms with Gasteiger partial charge in [0.2, 0.25) is 0 Å². The van der Waals surface area contributed by atoms with Gasteiger partial charge in [0.05, 0.1) is 30.3 Å². The summed E-state index contributed by atoms with van der Waals surface area (Å²) in [5, 5.41) is 3.25. The molecule has 0 radical (unpaired) electrons. The van der Waals surface area contributed by atoms with Crippen LogP contribution in [0.1, 0.15) is 25.5 Å². The molecule has 0 aliphatic carbocycles. The van der Waals surface area contributed by atoms with Gasteiger partial charge >= 0.3 is 0 Å². The Balaban J connectivity index is 2.78. The first-order valence-electron chi connectivity index (χ1n) is 5.70. The Morgan fingerprint density at radius 2 is 2.06 bits per heavy atom. The molecule has 0 spiro atoms. The number of nitrogens with one attached hydrogen (secondary N) is 1. The number of methoxy groups -OCH3 is 1. The standard InChI is InChI=1S/C13H20BrNO2/c1-9(2)17-8-12(15-3)10-5-6-13(16-4)11(14)7-10/h5-7,9,12,15H,8H2,1-4H3. The van der Waals surface area contributed by atoms with E-state index in [1.807, 2.05) is 27.0 Å². The van der Waals surface area contributed by atoms with Crippen LogP contribution in [0.5, 0.6) is 5.75 Å². The normalized spacial score (nSPS) is 12.8. The Labute approximate surface area is 112 Å². The minimum absolute atomic E-state index is 0.194. The Hall–Kier alpha value is -0.580. The SMILES string of the molecule is CNC(COC(C)C)c1ccc(OC)c(Br)c1. The molecule has 0 aromatic heterocycles. The van der Waals surface area contributed by atoms with Gasteiger partial charge in [0.15, 0.2) is 0 Å². The van der Waals surface area contributed by atoms with E-state index in [1.165, 1.54) is 5.56 Å². The maximum absolute atomic E-state index is 5.64. The number of likely N-dealkylation sites (N-methyl/N-ethyl adjacent to an activating group) is 1. The molecule has 0 saturated heterocycles. The highest BCUT2D eigenvalue weighted by atomic mass is 79.9. The monoisotopic (exact) mass is 301 g/mol. The lowest BCUT2D eigenvalue weighted by Crippen LogP contribution is -2.23. The summed E-state index contributed by atoms with van der Waals surface area (Å²) in [7, 11) is 3.60. The molecule has 1 aromatic carbocycles. The smallest absolute Gasteiger partial charge is 0.133 e. The zero-order valence-electron chi connectivity index (χ0n) is 10.8. The summed E-state index contributed by atoms with van der Waals surface area (Å²) < 4.78 is 11.8. The molecule has 0 saturated carbocycles. The molecule has 96 valence electrons. The first-order valence-corrected chi connectivity index (χ1v) is 6.50. The van der Waals surface area contributed by atoms with Gasteiger partial charge in [-0.1, -0.05) is 6.07 Å². The molecule has 17 heavy (non-hydrogen) atoms. The van der Waals surface area contributed by atoms with Crippen LogP contribution >= 0.6 is 15.9 Å². The van der Waals surface area contributed by atoms with Gasteiger partial charge in [-0.2, -0.15) is 0 Å². The van der Waals surface area contributed by atoms with Crippen LogP contribution in [0.4, 0.5) is 0 Å². The van der Waals surface area contributed by atoms with Crippen molar-refractivity contribution < 1.29 is 9.47 Å². The molecule has 4 heteroatoms. The van der Waals surface area contributed by atoms with Crippen molar-refractivity contribution in [2.24, 2.45) is 0 Å². The van der Waals surface area contributed by atoms with Gasteiger partial charge in [-0.05, 0) is 54.5 Å². The van der Waals surface area contributed by atoms with Gasteiger partial charge < -0.3 is 14.8 Å². The van der Waals surface area contributed by atoms with Gasteiger partial charge in [-0.25, -0.2) is 0 Å². The summed E-state index contributed by atoms with van der Waals surface area (Å²) in [5.74, 6) is 0.841.